The SMILES string of the molecule is CN(C)[C@H](CN)c1ccc(N2CCOCC2)o1. The first-order valence-corrected chi connectivity index (χ1v) is 6.01. The zero-order chi connectivity index (χ0) is 12.3. The molecule has 2 rings (SSSR count). The number of rotatable bonds is 4. The third-order valence-electron chi connectivity index (χ3n) is 3.11. The summed E-state index contributed by atoms with van der Waals surface area (Å²) in [5, 5.41) is 0. The van der Waals surface area contributed by atoms with Crippen LogP contribution in [0.4, 0.5) is 5.88 Å². The van der Waals surface area contributed by atoms with Crippen LogP contribution in [0.5, 0.6) is 0 Å². The molecule has 0 amide bonds. The minimum Gasteiger partial charge on any atom is -0.444 e. The molecule has 0 unspecified atom stereocenters. The summed E-state index contributed by atoms with van der Waals surface area (Å²) >= 11 is 0. The molecule has 1 aromatic rings. The molecule has 2 N–H and O–H groups in total. The fourth-order valence-electron chi connectivity index (χ4n) is 2.06. The molecule has 0 aliphatic carbocycles. The monoisotopic (exact) mass is 239 g/mol. The number of furan rings is 1. The second kappa shape index (κ2) is 5.53. The summed E-state index contributed by atoms with van der Waals surface area (Å²) in [5.41, 5.74) is 5.76. The summed E-state index contributed by atoms with van der Waals surface area (Å²) in [5.74, 6) is 1.85. The van der Waals surface area contributed by atoms with Crippen LogP contribution in [0.1, 0.15) is 11.8 Å². The van der Waals surface area contributed by atoms with Crippen molar-refractivity contribution in [3.05, 3.63) is 17.9 Å². The van der Waals surface area contributed by atoms with Gasteiger partial charge in [-0.1, -0.05) is 0 Å². The van der Waals surface area contributed by atoms with Crippen molar-refractivity contribution in [3.63, 3.8) is 0 Å². The van der Waals surface area contributed by atoms with E-state index in [2.05, 4.69) is 9.80 Å². The molecule has 0 spiro atoms. The van der Waals surface area contributed by atoms with Gasteiger partial charge >= 0.3 is 0 Å². The standard InChI is InChI=1S/C12H21N3O2/c1-14(2)10(9-13)11-3-4-12(17-11)15-5-7-16-8-6-15/h3-4,10H,5-9,13H2,1-2H3/t10-/m1/s1. The second-order valence-corrected chi connectivity index (χ2v) is 4.49. The van der Waals surface area contributed by atoms with Gasteiger partial charge in [-0.25, -0.2) is 0 Å². The largest absolute Gasteiger partial charge is 0.444 e. The fraction of sp³-hybridized carbons (Fsp3) is 0.667. The molecule has 17 heavy (non-hydrogen) atoms. The molecule has 1 atom stereocenters. The molecule has 0 radical (unpaired) electrons. The van der Waals surface area contributed by atoms with Crippen LogP contribution in [-0.4, -0.2) is 51.8 Å². The van der Waals surface area contributed by atoms with E-state index in [1.165, 1.54) is 0 Å². The number of nitrogens with two attached hydrogens (primary N) is 1. The van der Waals surface area contributed by atoms with Crippen molar-refractivity contribution < 1.29 is 9.15 Å². The Kier molecular flexibility index (Phi) is 4.04. The van der Waals surface area contributed by atoms with Gasteiger partial charge in [-0.2, -0.15) is 0 Å². The summed E-state index contributed by atoms with van der Waals surface area (Å²) in [6.07, 6.45) is 0. The predicted molar refractivity (Wildman–Crippen MR) is 67.2 cm³/mol. The quantitative estimate of drug-likeness (QED) is 0.837. The van der Waals surface area contributed by atoms with Crippen LogP contribution in [0.15, 0.2) is 16.5 Å². The molecule has 0 aromatic carbocycles. The lowest BCUT2D eigenvalue weighted by Gasteiger charge is -2.26. The molecule has 96 valence electrons. The highest BCUT2D eigenvalue weighted by molar-refractivity contribution is 5.37. The van der Waals surface area contributed by atoms with Gasteiger partial charge in [0, 0.05) is 25.7 Å². The Morgan fingerprint density at radius 2 is 2.06 bits per heavy atom. The predicted octanol–water partition coefficient (Wildman–Crippen LogP) is 0.678. The van der Waals surface area contributed by atoms with Crippen LogP contribution < -0.4 is 10.6 Å². The Hall–Kier alpha value is -1.04. The first kappa shape index (κ1) is 12.4. The molecule has 1 aromatic heterocycles. The van der Waals surface area contributed by atoms with Gasteiger partial charge in [0.25, 0.3) is 0 Å². The van der Waals surface area contributed by atoms with E-state index in [0.29, 0.717) is 6.54 Å². The van der Waals surface area contributed by atoms with E-state index in [1.807, 2.05) is 26.2 Å². The normalized spacial score (nSPS) is 18.7. The van der Waals surface area contributed by atoms with Crippen LogP contribution in [0, 0.1) is 0 Å². The molecule has 2 heterocycles. The first-order chi connectivity index (χ1) is 8.22. The number of hydrogen-bond donors (Lipinski definition) is 1. The number of morpholine rings is 1. The Labute approximate surface area is 102 Å². The number of likely N-dealkylation sites (N-methyl/N-ethyl adjacent to an activating group) is 1. The molecule has 0 bridgehead atoms. The van der Waals surface area contributed by atoms with Gasteiger partial charge in [-0.15, -0.1) is 0 Å². The van der Waals surface area contributed by atoms with Gasteiger partial charge in [0.15, 0.2) is 5.88 Å². The van der Waals surface area contributed by atoms with E-state index in [-0.39, 0.29) is 6.04 Å². The average Bonchev–Trinajstić information content (AvgIpc) is 2.80. The third-order valence-corrected chi connectivity index (χ3v) is 3.11. The second-order valence-electron chi connectivity index (χ2n) is 4.49. The van der Waals surface area contributed by atoms with E-state index in [1.54, 1.807) is 0 Å². The number of anilines is 1. The molecule has 1 fully saturated rings. The summed E-state index contributed by atoms with van der Waals surface area (Å²) in [6, 6.07) is 4.18. The smallest absolute Gasteiger partial charge is 0.195 e. The topological polar surface area (TPSA) is 54.9 Å². The molecule has 1 aliphatic heterocycles. The summed E-state index contributed by atoms with van der Waals surface area (Å²) < 4.78 is 11.2. The molecule has 5 heteroatoms. The highest BCUT2D eigenvalue weighted by Crippen LogP contribution is 2.25. The summed E-state index contributed by atoms with van der Waals surface area (Å²) in [7, 11) is 4.02. The Balaban J connectivity index is 2.08. The van der Waals surface area contributed by atoms with E-state index >= 15 is 0 Å². The van der Waals surface area contributed by atoms with Gasteiger partial charge in [-0.05, 0) is 20.2 Å². The number of nitrogens with zero attached hydrogens (tertiary/aromatic N) is 2. The maximum absolute atomic E-state index is 5.89. The Morgan fingerprint density at radius 3 is 2.65 bits per heavy atom. The number of hydrogen-bond acceptors (Lipinski definition) is 5. The molecule has 0 saturated carbocycles. The van der Waals surface area contributed by atoms with E-state index in [0.717, 1.165) is 37.9 Å². The Bertz CT molecular complexity index is 345. The van der Waals surface area contributed by atoms with Crippen LogP contribution in [0.25, 0.3) is 0 Å². The molecule has 1 aliphatic rings. The zero-order valence-corrected chi connectivity index (χ0v) is 10.6. The van der Waals surface area contributed by atoms with Gasteiger partial charge in [-0.3, -0.25) is 4.90 Å². The van der Waals surface area contributed by atoms with Crippen LogP contribution in [0.3, 0.4) is 0 Å². The van der Waals surface area contributed by atoms with Crippen LogP contribution >= 0.6 is 0 Å². The molecular weight excluding hydrogens is 218 g/mol. The van der Waals surface area contributed by atoms with Crippen molar-refractivity contribution in [1.29, 1.82) is 0 Å². The average molecular weight is 239 g/mol. The maximum Gasteiger partial charge on any atom is 0.195 e. The lowest BCUT2D eigenvalue weighted by Crippen LogP contribution is -2.35. The van der Waals surface area contributed by atoms with Crippen molar-refractivity contribution in [2.75, 3.05) is 51.8 Å². The Morgan fingerprint density at radius 1 is 1.35 bits per heavy atom. The minimum absolute atomic E-state index is 0.143. The fourth-order valence-corrected chi connectivity index (χ4v) is 2.06. The van der Waals surface area contributed by atoms with Gasteiger partial charge < -0.3 is 19.8 Å². The van der Waals surface area contributed by atoms with Crippen molar-refractivity contribution in [3.8, 4) is 0 Å². The van der Waals surface area contributed by atoms with Crippen molar-refractivity contribution >= 4 is 5.88 Å². The van der Waals surface area contributed by atoms with Crippen molar-refractivity contribution in [2.45, 2.75) is 6.04 Å². The molecule has 1 saturated heterocycles. The van der Waals surface area contributed by atoms with E-state index in [9.17, 15) is 0 Å². The first-order valence-electron chi connectivity index (χ1n) is 6.01. The highest BCUT2D eigenvalue weighted by atomic mass is 16.5. The number of ether oxygens (including phenoxy) is 1. The zero-order valence-electron chi connectivity index (χ0n) is 10.6. The van der Waals surface area contributed by atoms with Crippen LogP contribution in [-0.2, 0) is 4.74 Å². The van der Waals surface area contributed by atoms with Crippen LogP contribution in [0.2, 0.25) is 0 Å². The summed E-state index contributed by atoms with van der Waals surface area (Å²) in [6.45, 7) is 3.88. The van der Waals surface area contributed by atoms with Crippen molar-refractivity contribution in [2.24, 2.45) is 5.73 Å². The lowest BCUT2D eigenvalue weighted by atomic mass is 10.2. The van der Waals surface area contributed by atoms with Crippen molar-refractivity contribution in [1.82, 2.24) is 4.90 Å². The highest BCUT2D eigenvalue weighted by Gasteiger charge is 2.19. The van der Waals surface area contributed by atoms with Gasteiger partial charge in [0.2, 0.25) is 0 Å². The molecule has 5 nitrogen and oxygen atoms in total. The van der Waals surface area contributed by atoms with Gasteiger partial charge in [0.1, 0.15) is 5.76 Å². The third kappa shape index (κ3) is 2.80. The van der Waals surface area contributed by atoms with E-state index < -0.39 is 0 Å². The van der Waals surface area contributed by atoms with E-state index in [4.69, 9.17) is 14.9 Å². The lowest BCUT2D eigenvalue weighted by molar-refractivity contribution is 0.120. The van der Waals surface area contributed by atoms with Gasteiger partial charge in [0.05, 0.1) is 19.3 Å². The maximum atomic E-state index is 5.89. The minimum atomic E-state index is 0.143. The molecular formula is C12H21N3O2. The summed E-state index contributed by atoms with van der Waals surface area (Å²) in [4.78, 5) is 4.28.